The van der Waals surface area contributed by atoms with Crippen LogP contribution in [0.3, 0.4) is 0 Å². The Balaban J connectivity index is 1.49. The SMILES string of the molecule is COc1nccc(N2CCC(CC(=O)Nc3ccccc3)CC2)n1. The van der Waals surface area contributed by atoms with Crippen molar-refractivity contribution >= 4 is 17.4 Å². The van der Waals surface area contributed by atoms with Crippen LogP contribution in [-0.2, 0) is 4.79 Å². The molecule has 1 aromatic heterocycles. The van der Waals surface area contributed by atoms with Crippen LogP contribution in [0.15, 0.2) is 42.6 Å². The van der Waals surface area contributed by atoms with E-state index in [0.29, 0.717) is 18.3 Å². The summed E-state index contributed by atoms with van der Waals surface area (Å²) >= 11 is 0. The zero-order valence-electron chi connectivity index (χ0n) is 13.8. The molecular weight excluding hydrogens is 304 g/mol. The van der Waals surface area contributed by atoms with Gasteiger partial charge < -0.3 is 15.0 Å². The molecule has 2 heterocycles. The summed E-state index contributed by atoms with van der Waals surface area (Å²) in [5, 5.41) is 2.96. The summed E-state index contributed by atoms with van der Waals surface area (Å²) in [4.78, 5) is 22.8. The molecule has 0 atom stereocenters. The predicted octanol–water partition coefficient (Wildman–Crippen LogP) is 2.73. The minimum atomic E-state index is 0.0864. The van der Waals surface area contributed by atoms with Gasteiger partial charge in [0, 0.05) is 31.4 Å². The lowest BCUT2D eigenvalue weighted by atomic mass is 9.93. The molecule has 0 unspecified atom stereocenters. The molecule has 1 amide bonds. The van der Waals surface area contributed by atoms with E-state index >= 15 is 0 Å². The first-order valence-electron chi connectivity index (χ1n) is 8.21. The fourth-order valence-corrected chi connectivity index (χ4v) is 2.97. The number of para-hydroxylation sites is 1. The highest BCUT2D eigenvalue weighted by Crippen LogP contribution is 2.25. The van der Waals surface area contributed by atoms with Crippen molar-refractivity contribution in [2.24, 2.45) is 5.92 Å². The highest BCUT2D eigenvalue weighted by Gasteiger charge is 2.22. The number of piperidine rings is 1. The van der Waals surface area contributed by atoms with Gasteiger partial charge in [-0.2, -0.15) is 4.98 Å². The van der Waals surface area contributed by atoms with Gasteiger partial charge in [0.1, 0.15) is 5.82 Å². The minimum Gasteiger partial charge on any atom is -0.467 e. The van der Waals surface area contributed by atoms with Crippen molar-refractivity contribution < 1.29 is 9.53 Å². The number of aromatic nitrogens is 2. The van der Waals surface area contributed by atoms with E-state index in [9.17, 15) is 4.79 Å². The average Bonchev–Trinajstić information content (AvgIpc) is 2.63. The Morgan fingerprint density at radius 3 is 2.71 bits per heavy atom. The number of hydrogen-bond donors (Lipinski definition) is 1. The average molecular weight is 326 g/mol. The Labute approximate surface area is 141 Å². The molecule has 0 radical (unpaired) electrons. The molecule has 1 saturated heterocycles. The quantitative estimate of drug-likeness (QED) is 0.915. The maximum Gasteiger partial charge on any atom is 0.318 e. The Morgan fingerprint density at radius 1 is 1.25 bits per heavy atom. The van der Waals surface area contributed by atoms with Crippen molar-refractivity contribution in [2.75, 3.05) is 30.4 Å². The fraction of sp³-hybridized carbons (Fsp3) is 0.389. The number of benzene rings is 1. The Morgan fingerprint density at radius 2 is 2.00 bits per heavy atom. The van der Waals surface area contributed by atoms with Crippen molar-refractivity contribution in [1.29, 1.82) is 0 Å². The number of methoxy groups -OCH3 is 1. The second-order valence-electron chi connectivity index (χ2n) is 5.95. The van der Waals surface area contributed by atoms with Crippen molar-refractivity contribution in [3.05, 3.63) is 42.6 Å². The highest BCUT2D eigenvalue weighted by atomic mass is 16.5. The molecule has 24 heavy (non-hydrogen) atoms. The monoisotopic (exact) mass is 326 g/mol. The van der Waals surface area contributed by atoms with Gasteiger partial charge in [-0.1, -0.05) is 18.2 Å². The van der Waals surface area contributed by atoms with E-state index in [1.165, 1.54) is 0 Å². The zero-order chi connectivity index (χ0) is 16.8. The topological polar surface area (TPSA) is 67.3 Å². The second kappa shape index (κ2) is 7.77. The third-order valence-electron chi connectivity index (χ3n) is 4.27. The summed E-state index contributed by atoms with van der Waals surface area (Å²) < 4.78 is 5.07. The smallest absolute Gasteiger partial charge is 0.318 e. The number of ether oxygens (including phenoxy) is 1. The summed E-state index contributed by atoms with van der Waals surface area (Å²) in [6.07, 6.45) is 4.24. The summed E-state index contributed by atoms with van der Waals surface area (Å²) in [7, 11) is 1.57. The molecule has 0 saturated carbocycles. The Hall–Kier alpha value is -2.63. The molecule has 6 nitrogen and oxygen atoms in total. The molecule has 0 aliphatic carbocycles. The molecule has 126 valence electrons. The van der Waals surface area contributed by atoms with Gasteiger partial charge in [0.15, 0.2) is 0 Å². The molecule has 1 N–H and O–H groups in total. The number of rotatable bonds is 5. The van der Waals surface area contributed by atoms with Crippen molar-refractivity contribution in [3.63, 3.8) is 0 Å². The number of nitrogens with zero attached hydrogens (tertiary/aromatic N) is 3. The van der Waals surface area contributed by atoms with E-state index in [2.05, 4.69) is 20.2 Å². The fourth-order valence-electron chi connectivity index (χ4n) is 2.97. The van der Waals surface area contributed by atoms with Crippen LogP contribution in [0.4, 0.5) is 11.5 Å². The van der Waals surface area contributed by atoms with Gasteiger partial charge >= 0.3 is 6.01 Å². The number of carbonyl (C=O) groups is 1. The van der Waals surface area contributed by atoms with Gasteiger partial charge in [0.05, 0.1) is 7.11 Å². The van der Waals surface area contributed by atoms with E-state index in [1.54, 1.807) is 13.3 Å². The van der Waals surface area contributed by atoms with E-state index in [0.717, 1.165) is 37.4 Å². The van der Waals surface area contributed by atoms with Crippen LogP contribution in [0.2, 0.25) is 0 Å². The highest BCUT2D eigenvalue weighted by molar-refractivity contribution is 5.90. The molecule has 3 rings (SSSR count). The van der Waals surface area contributed by atoms with Crippen molar-refractivity contribution in [3.8, 4) is 6.01 Å². The van der Waals surface area contributed by atoms with Crippen LogP contribution in [0, 0.1) is 5.92 Å². The number of carbonyl (C=O) groups excluding carboxylic acids is 1. The zero-order valence-corrected chi connectivity index (χ0v) is 13.8. The molecule has 1 aliphatic heterocycles. The van der Waals surface area contributed by atoms with Crippen LogP contribution in [0.5, 0.6) is 6.01 Å². The van der Waals surface area contributed by atoms with Crippen LogP contribution in [0.1, 0.15) is 19.3 Å². The first-order chi connectivity index (χ1) is 11.7. The van der Waals surface area contributed by atoms with Gasteiger partial charge in [-0.15, -0.1) is 0 Å². The maximum atomic E-state index is 12.2. The van der Waals surface area contributed by atoms with Gasteiger partial charge in [0.2, 0.25) is 5.91 Å². The lowest BCUT2D eigenvalue weighted by molar-refractivity contribution is -0.117. The van der Waals surface area contributed by atoms with Crippen LogP contribution in [0.25, 0.3) is 0 Å². The van der Waals surface area contributed by atoms with Gasteiger partial charge in [0.25, 0.3) is 0 Å². The Bertz CT molecular complexity index is 670. The lowest BCUT2D eigenvalue weighted by Gasteiger charge is -2.32. The minimum absolute atomic E-state index is 0.0864. The standard InChI is InChI=1S/C18H22N4O2/c1-24-18-19-10-7-16(21-18)22-11-8-14(9-12-22)13-17(23)20-15-5-3-2-4-6-15/h2-7,10,14H,8-9,11-13H2,1H3,(H,20,23). The van der Waals surface area contributed by atoms with Crippen molar-refractivity contribution in [2.45, 2.75) is 19.3 Å². The van der Waals surface area contributed by atoms with E-state index in [4.69, 9.17) is 4.74 Å². The molecule has 1 aliphatic rings. The second-order valence-corrected chi connectivity index (χ2v) is 5.95. The third kappa shape index (κ3) is 4.22. The molecular formula is C18H22N4O2. The summed E-state index contributed by atoms with van der Waals surface area (Å²) in [5.41, 5.74) is 0.855. The summed E-state index contributed by atoms with van der Waals surface area (Å²) in [6, 6.07) is 11.9. The number of hydrogen-bond acceptors (Lipinski definition) is 5. The maximum absolute atomic E-state index is 12.2. The molecule has 0 bridgehead atoms. The first kappa shape index (κ1) is 16.2. The molecule has 0 spiro atoms. The number of amides is 1. The van der Waals surface area contributed by atoms with Crippen molar-refractivity contribution in [1.82, 2.24) is 9.97 Å². The van der Waals surface area contributed by atoms with Crippen LogP contribution >= 0.6 is 0 Å². The number of nitrogens with one attached hydrogen (secondary N) is 1. The first-order valence-corrected chi connectivity index (χ1v) is 8.21. The van der Waals surface area contributed by atoms with E-state index in [1.807, 2.05) is 36.4 Å². The molecule has 1 fully saturated rings. The largest absolute Gasteiger partial charge is 0.467 e. The Kier molecular flexibility index (Phi) is 5.25. The third-order valence-corrected chi connectivity index (χ3v) is 4.27. The molecule has 2 aromatic rings. The van der Waals surface area contributed by atoms with Gasteiger partial charge in [-0.25, -0.2) is 4.98 Å². The van der Waals surface area contributed by atoms with E-state index < -0.39 is 0 Å². The predicted molar refractivity (Wildman–Crippen MR) is 93.2 cm³/mol. The summed E-state index contributed by atoms with van der Waals surface area (Å²) in [5.74, 6) is 1.38. The van der Waals surface area contributed by atoms with Gasteiger partial charge in [-0.05, 0) is 37.0 Å². The molecule has 1 aromatic carbocycles. The molecule has 6 heteroatoms. The van der Waals surface area contributed by atoms with E-state index in [-0.39, 0.29) is 5.91 Å². The lowest BCUT2D eigenvalue weighted by Crippen LogP contribution is -2.35. The number of anilines is 2. The summed E-state index contributed by atoms with van der Waals surface area (Å²) in [6.45, 7) is 1.78. The van der Waals surface area contributed by atoms with Gasteiger partial charge in [-0.3, -0.25) is 4.79 Å². The normalized spacial score (nSPS) is 15.1. The van der Waals surface area contributed by atoms with Crippen LogP contribution in [-0.4, -0.2) is 36.1 Å². The van der Waals surface area contributed by atoms with Crippen LogP contribution < -0.4 is 15.0 Å².